The van der Waals surface area contributed by atoms with Crippen LogP contribution in [0.3, 0.4) is 0 Å². The molecule has 110 valence electrons. The summed E-state index contributed by atoms with van der Waals surface area (Å²) < 4.78 is 0. The highest BCUT2D eigenvalue weighted by Gasteiger charge is 2.40. The Balaban J connectivity index is 1.92. The number of nitrogens with zero attached hydrogens (tertiary/aromatic N) is 1. The predicted octanol–water partition coefficient (Wildman–Crippen LogP) is 0.593. The number of piperidine rings is 1. The van der Waals surface area contributed by atoms with Crippen molar-refractivity contribution >= 4 is 29.3 Å². The number of carbonyl (C=O) groups excluding carboxylic acids is 3. The molecule has 2 aliphatic heterocycles. The van der Waals surface area contributed by atoms with Crippen LogP contribution in [0.1, 0.15) is 34.3 Å². The molecule has 0 saturated carbocycles. The first-order valence-electron chi connectivity index (χ1n) is 6.58. The van der Waals surface area contributed by atoms with E-state index in [1.54, 1.807) is 12.1 Å². The molecule has 2 heterocycles. The first kappa shape index (κ1) is 14.0. The number of benzene rings is 1. The average Bonchev–Trinajstić information content (AvgIpc) is 2.76. The van der Waals surface area contributed by atoms with Gasteiger partial charge in [0.15, 0.2) is 0 Å². The van der Waals surface area contributed by atoms with Crippen molar-refractivity contribution in [2.24, 2.45) is 0 Å². The van der Waals surface area contributed by atoms with Crippen LogP contribution in [0.2, 0.25) is 5.02 Å². The second-order valence-electron chi connectivity index (χ2n) is 5.17. The maximum absolute atomic E-state index is 12.5. The van der Waals surface area contributed by atoms with Gasteiger partial charge in [-0.25, -0.2) is 0 Å². The van der Waals surface area contributed by atoms with E-state index >= 15 is 0 Å². The fraction of sp³-hybridized carbons (Fsp3) is 0.357. The molecular weight excluding hydrogens is 296 g/mol. The third kappa shape index (κ3) is 2.30. The maximum Gasteiger partial charge on any atom is 0.256 e. The Hall–Kier alpha value is -1.92. The molecule has 21 heavy (non-hydrogen) atoms. The summed E-state index contributed by atoms with van der Waals surface area (Å²) >= 11 is 6.10. The quantitative estimate of drug-likeness (QED) is 0.783. The lowest BCUT2D eigenvalue weighted by Gasteiger charge is -2.29. The van der Waals surface area contributed by atoms with Gasteiger partial charge in [0, 0.05) is 13.0 Å². The minimum absolute atomic E-state index is 0.167. The number of aliphatic hydroxyl groups is 1. The van der Waals surface area contributed by atoms with Crippen molar-refractivity contribution in [1.29, 1.82) is 0 Å². The van der Waals surface area contributed by atoms with Gasteiger partial charge >= 0.3 is 0 Å². The highest BCUT2D eigenvalue weighted by Crippen LogP contribution is 2.33. The van der Waals surface area contributed by atoms with Crippen molar-refractivity contribution in [2.45, 2.75) is 32.0 Å². The number of hydrogen-bond acceptors (Lipinski definition) is 4. The summed E-state index contributed by atoms with van der Waals surface area (Å²) in [5.41, 5.74) is 1.69. The Morgan fingerprint density at radius 1 is 1.33 bits per heavy atom. The van der Waals surface area contributed by atoms with E-state index in [1.165, 1.54) is 4.90 Å². The number of hydrogen-bond donors (Lipinski definition) is 2. The average molecular weight is 309 g/mol. The van der Waals surface area contributed by atoms with E-state index in [4.69, 9.17) is 11.6 Å². The summed E-state index contributed by atoms with van der Waals surface area (Å²) in [4.78, 5) is 37.0. The van der Waals surface area contributed by atoms with E-state index < -0.39 is 11.9 Å². The third-order valence-electron chi connectivity index (χ3n) is 3.82. The van der Waals surface area contributed by atoms with Crippen molar-refractivity contribution in [3.63, 3.8) is 0 Å². The number of aliphatic hydroxyl groups excluding tert-OH is 1. The molecule has 1 aromatic carbocycles. The van der Waals surface area contributed by atoms with Crippen LogP contribution in [0.4, 0.5) is 0 Å². The van der Waals surface area contributed by atoms with Crippen molar-refractivity contribution in [3.05, 3.63) is 33.8 Å². The number of rotatable bonds is 2. The van der Waals surface area contributed by atoms with E-state index in [2.05, 4.69) is 5.32 Å². The summed E-state index contributed by atoms with van der Waals surface area (Å²) in [5, 5.41) is 11.7. The molecule has 6 nitrogen and oxygen atoms in total. The summed E-state index contributed by atoms with van der Waals surface area (Å²) in [6.45, 7) is 0.0909. The predicted molar refractivity (Wildman–Crippen MR) is 73.4 cm³/mol. The molecule has 0 spiro atoms. The molecule has 0 aliphatic carbocycles. The third-order valence-corrected chi connectivity index (χ3v) is 4.11. The summed E-state index contributed by atoms with van der Waals surface area (Å²) in [5.74, 6) is -1.08. The van der Waals surface area contributed by atoms with Crippen molar-refractivity contribution in [3.8, 4) is 0 Å². The molecule has 1 saturated heterocycles. The number of nitrogens with one attached hydrogen (secondary N) is 1. The van der Waals surface area contributed by atoms with Crippen molar-refractivity contribution < 1.29 is 19.5 Å². The van der Waals surface area contributed by atoms with Crippen LogP contribution in [-0.2, 0) is 22.7 Å². The summed E-state index contributed by atoms with van der Waals surface area (Å²) in [6.07, 6.45) is 0.529. The molecule has 0 radical (unpaired) electrons. The van der Waals surface area contributed by atoms with Gasteiger partial charge in [0.25, 0.3) is 5.91 Å². The normalized spacial score (nSPS) is 21.5. The zero-order valence-electron chi connectivity index (χ0n) is 11.1. The molecule has 0 aromatic heterocycles. The van der Waals surface area contributed by atoms with E-state index in [1.807, 2.05) is 0 Å². The fourth-order valence-electron chi connectivity index (χ4n) is 2.81. The molecule has 2 N–H and O–H groups in total. The minimum Gasteiger partial charge on any atom is -0.392 e. The van der Waals surface area contributed by atoms with Gasteiger partial charge in [-0.05, 0) is 23.6 Å². The Kier molecular flexibility index (Phi) is 3.43. The molecule has 3 rings (SSSR count). The lowest BCUT2D eigenvalue weighted by molar-refractivity contribution is -0.136. The molecule has 1 aromatic rings. The van der Waals surface area contributed by atoms with Gasteiger partial charge < -0.3 is 10.0 Å². The van der Waals surface area contributed by atoms with E-state index in [0.29, 0.717) is 23.1 Å². The number of imide groups is 1. The van der Waals surface area contributed by atoms with Gasteiger partial charge in [-0.3, -0.25) is 19.7 Å². The topological polar surface area (TPSA) is 86.7 Å². The number of carbonyl (C=O) groups is 3. The second-order valence-corrected chi connectivity index (χ2v) is 5.58. The number of amides is 3. The summed E-state index contributed by atoms with van der Waals surface area (Å²) in [6, 6.07) is 2.60. The lowest BCUT2D eigenvalue weighted by Crippen LogP contribution is -2.52. The SMILES string of the molecule is O=C1CCC(N2Cc3cc(CO)cc(Cl)c3C2=O)C(=O)N1. The monoisotopic (exact) mass is 308 g/mol. The molecule has 1 atom stereocenters. The highest BCUT2D eigenvalue weighted by molar-refractivity contribution is 6.34. The number of fused-ring (bicyclic) bond motifs is 1. The van der Waals surface area contributed by atoms with Crippen LogP contribution in [-0.4, -0.2) is 33.8 Å². The first-order valence-corrected chi connectivity index (χ1v) is 6.96. The highest BCUT2D eigenvalue weighted by atomic mass is 35.5. The van der Waals surface area contributed by atoms with Crippen LogP contribution < -0.4 is 5.32 Å². The molecule has 1 fully saturated rings. The molecule has 3 amide bonds. The lowest BCUT2D eigenvalue weighted by atomic mass is 10.0. The zero-order valence-corrected chi connectivity index (χ0v) is 11.8. The largest absolute Gasteiger partial charge is 0.392 e. The Morgan fingerprint density at radius 3 is 2.76 bits per heavy atom. The van der Waals surface area contributed by atoms with Crippen molar-refractivity contribution in [1.82, 2.24) is 10.2 Å². The Labute approximate surface area is 125 Å². The van der Waals surface area contributed by atoms with E-state index in [0.717, 1.165) is 0 Å². The minimum atomic E-state index is -0.656. The van der Waals surface area contributed by atoms with Gasteiger partial charge in [0.1, 0.15) is 6.04 Å². The van der Waals surface area contributed by atoms with Gasteiger partial charge in [0.05, 0.1) is 17.2 Å². The van der Waals surface area contributed by atoms with Gasteiger partial charge in [-0.1, -0.05) is 17.7 Å². The maximum atomic E-state index is 12.5. The first-order chi connectivity index (χ1) is 10.0. The zero-order chi connectivity index (χ0) is 15.1. The second kappa shape index (κ2) is 5.13. The van der Waals surface area contributed by atoms with Crippen LogP contribution in [0.25, 0.3) is 0 Å². The van der Waals surface area contributed by atoms with Crippen LogP contribution in [0.15, 0.2) is 12.1 Å². The number of halogens is 1. The molecule has 1 unspecified atom stereocenters. The Bertz CT molecular complexity index is 659. The van der Waals surface area contributed by atoms with E-state index in [9.17, 15) is 19.5 Å². The van der Waals surface area contributed by atoms with Crippen LogP contribution >= 0.6 is 11.6 Å². The smallest absolute Gasteiger partial charge is 0.256 e. The van der Waals surface area contributed by atoms with Gasteiger partial charge in [0.2, 0.25) is 11.8 Å². The van der Waals surface area contributed by atoms with Crippen molar-refractivity contribution in [2.75, 3.05) is 0 Å². The Morgan fingerprint density at radius 2 is 2.10 bits per heavy atom. The fourth-order valence-corrected chi connectivity index (χ4v) is 3.15. The van der Waals surface area contributed by atoms with Gasteiger partial charge in [-0.15, -0.1) is 0 Å². The molecular formula is C14H13ClN2O4. The standard InChI is InChI=1S/C14H13ClN2O4/c15-9-4-7(6-18)3-8-5-17(14(21)12(8)9)10-1-2-11(19)16-13(10)20/h3-4,10,18H,1-2,5-6H2,(H,16,19,20). The molecule has 0 bridgehead atoms. The van der Waals surface area contributed by atoms with Crippen LogP contribution in [0.5, 0.6) is 0 Å². The molecule has 2 aliphatic rings. The van der Waals surface area contributed by atoms with Crippen LogP contribution in [0, 0.1) is 0 Å². The molecule has 7 heteroatoms. The van der Waals surface area contributed by atoms with E-state index in [-0.39, 0.29) is 36.4 Å². The van der Waals surface area contributed by atoms with Gasteiger partial charge in [-0.2, -0.15) is 0 Å². The summed E-state index contributed by atoms with van der Waals surface area (Å²) in [7, 11) is 0.